The number of hydrogen-bond acceptors (Lipinski definition) is 6. The predicted molar refractivity (Wildman–Crippen MR) is 148 cm³/mol. The molecule has 0 saturated heterocycles. The fraction of sp³-hybridized carbons (Fsp3) is 0.385. The highest BCUT2D eigenvalue weighted by Gasteiger charge is 2.25. The average Bonchev–Trinajstić information content (AvgIpc) is 3.27. The molecule has 3 rings (SSSR count). The molecule has 0 aliphatic heterocycles. The van der Waals surface area contributed by atoms with Crippen molar-refractivity contribution < 1.29 is 23.1 Å². The summed E-state index contributed by atoms with van der Waals surface area (Å²) in [6.07, 6.45) is 0.577. The number of rotatable bonds is 12. The Hall–Kier alpha value is -2.50. The second-order valence-corrected chi connectivity index (χ2v) is 12.5. The average molecular weight is 566 g/mol. The minimum Gasteiger partial charge on any atom is -0.395 e. The lowest BCUT2D eigenvalue weighted by Crippen LogP contribution is -2.48. The SMILES string of the molecule is Cc1ccc(S(=O)(=O)N[C@H](CO)CCNC(=O)[C@H](CC(C)C)NC(=O)c2cc3ccccc3s2)c(Cl)c1. The van der Waals surface area contributed by atoms with E-state index in [9.17, 15) is 23.1 Å². The molecule has 0 radical (unpaired) electrons. The number of amides is 2. The Kier molecular flexibility index (Phi) is 10.1. The van der Waals surface area contributed by atoms with Crippen LogP contribution in [-0.4, -0.2) is 50.6 Å². The summed E-state index contributed by atoms with van der Waals surface area (Å²) >= 11 is 7.46. The van der Waals surface area contributed by atoms with Crippen molar-refractivity contribution in [1.82, 2.24) is 15.4 Å². The molecule has 2 amide bonds. The molecular weight excluding hydrogens is 534 g/mol. The summed E-state index contributed by atoms with van der Waals surface area (Å²) in [4.78, 5) is 26.2. The molecule has 0 saturated carbocycles. The Morgan fingerprint density at radius 1 is 1.11 bits per heavy atom. The zero-order chi connectivity index (χ0) is 27.2. The number of carbonyl (C=O) groups is 2. The molecule has 0 unspecified atom stereocenters. The number of aliphatic hydroxyl groups is 1. The molecule has 2 aromatic carbocycles. The van der Waals surface area contributed by atoms with Gasteiger partial charge in [0.15, 0.2) is 0 Å². The van der Waals surface area contributed by atoms with Crippen LogP contribution in [0.2, 0.25) is 5.02 Å². The van der Waals surface area contributed by atoms with Crippen LogP contribution in [0.25, 0.3) is 10.1 Å². The van der Waals surface area contributed by atoms with E-state index in [4.69, 9.17) is 11.6 Å². The van der Waals surface area contributed by atoms with Gasteiger partial charge in [0.1, 0.15) is 10.9 Å². The van der Waals surface area contributed by atoms with Crippen LogP contribution in [0.1, 0.15) is 41.9 Å². The summed E-state index contributed by atoms with van der Waals surface area (Å²) in [7, 11) is -3.97. The minimum absolute atomic E-state index is 0.0804. The topological polar surface area (TPSA) is 125 Å². The zero-order valence-electron chi connectivity index (χ0n) is 21.0. The maximum Gasteiger partial charge on any atom is 0.262 e. The first-order valence-electron chi connectivity index (χ1n) is 12.0. The van der Waals surface area contributed by atoms with Gasteiger partial charge in [-0.1, -0.05) is 49.7 Å². The lowest BCUT2D eigenvalue weighted by Gasteiger charge is -2.21. The third-order valence-corrected chi connectivity index (χ3v) is 8.81. The van der Waals surface area contributed by atoms with Gasteiger partial charge in [-0.05, 0) is 60.9 Å². The second-order valence-electron chi connectivity index (χ2n) is 9.32. The number of hydrogen-bond donors (Lipinski definition) is 4. The maximum absolute atomic E-state index is 12.9. The number of sulfonamides is 1. The lowest BCUT2D eigenvalue weighted by atomic mass is 10.0. The number of aliphatic hydroxyl groups excluding tert-OH is 1. The van der Waals surface area contributed by atoms with Gasteiger partial charge in [-0.15, -0.1) is 11.3 Å². The van der Waals surface area contributed by atoms with Gasteiger partial charge in [0, 0.05) is 17.3 Å². The second kappa shape index (κ2) is 12.8. The van der Waals surface area contributed by atoms with E-state index in [0.717, 1.165) is 15.6 Å². The Morgan fingerprint density at radius 3 is 2.49 bits per heavy atom. The molecule has 4 N–H and O–H groups in total. The Balaban J connectivity index is 1.59. The fourth-order valence-electron chi connectivity index (χ4n) is 3.81. The van der Waals surface area contributed by atoms with E-state index in [1.54, 1.807) is 25.1 Å². The highest BCUT2D eigenvalue weighted by atomic mass is 35.5. The van der Waals surface area contributed by atoms with Crippen LogP contribution >= 0.6 is 22.9 Å². The molecule has 3 aromatic rings. The third-order valence-electron chi connectivity index (χ3n) is 5.69. The molecule has 0 aliphatic rings. The summed E-state index contributed by atoms with van der Waals surface area (Å²) in [5.74, 6) is -0.544. The molecular formula is C26H32ClN3O5S2. The summed E-state index contributed by atoms with van der Waals surface area (Å²) in [5, 5.41) is 16.4. The summed E-state index contributed by atoms with van der Waals surface area (Å²) in [5.41, 5.74) is 0.820. The number of halogens is 1. The van der Waals surface area contributed by atoms with Crippen molar-refractivity contribution in [2.45, 2.75) is 50.6 Å². The highest BCUT2D eigenvalue weighted by molar-refractivity contribution is 7.89. The molecule has 37 heavy (non-hydrogen) atoms. The molecule has 8 nitrogen and oxygen atoms in total. The molecule has 1 aromatic heterocycles. The van der Waals surface area contributed by atoms with E-state index in [-0.39, 0.29) is 40.6 Å². The van der Waals surface area contributed by atoms with E-state index >= 15 is 0 Å². The molecule has 11 heteroatoms. The van der Waals surface area contributed by atoms with Crippen molar-refractivity contribution in [3.8, 4) is 0 Å². The van der Waals surface area contributed by atoms with Crippen molar-refractivity contribution in [3.63, 3.8) is 0 Å². The quantitative estimate of drug-likeness (QED) is 0.265. The fourth-order valence-corrected chi connectivity index (χ4v) is 6.64. The Morgan fingerprint density at radius 2 is 1.84 bits per heavy atom. The normalized spacial score (nSPS) is 13.5. The van der Waals surface area contributed by atoms with Crippen molar-refractivity contribution in [2.75, 3.05) is 13.2 Å². The van der Waals surface area contributed by atoms with Crippen molar-refractivity contribution >= 4 is 54.9 Å². The Bertz CT molecular complexity index is 1320. The van der Waals surface area contributed by atoms with E-state index in [2.05, 4.69) is 15.4 Å². The van der Waals surface area contributed by atoms with Crippen molar-refractivity contribution in [2.24, 2.45) is 5.92 Å². The van der Waals surface area contributed by atoms with Gasteiger partial charge >= 0.3 is 0 Å². The van der Waals surface area contributed by atoms with Gasteiger partial charge < -0.3 is 15.7 Å². The number of thiophene rings is 1. The molecule has 0 aliphatic carbocycles. The number of benzene rings is 2. The van der Waals surface area contributed by atoms with E-state index < -0.39 is 28.7 Å². The standard InChI is InChI=1S/C26H32ClN3O5S2/c1-16(2)12-21(29-26(33)23-14-18-6-4-5-7-22(18)36-23)25(32)28-11-10-19(15-31)30-37(34,35)24-9-8-17(3)13-20(24)27/h4-9,13-14,16,19,21,30-31H,10-12,15H2,1-3H3,(H,28,32)(H,29,33)/t19-,21-/m0/s1. The zero-order valence-corrected chi connectivity index (χ0v) is 23.3. The van der Waals surface area contributed by atoms with E-state index in [1.807, 2.05) is 38.1 Å². The van der Waals surface area contributed by atoms with Crippen LogP contribution in [0.4, 0.5) is 0 Å². The van der Waals surface area contributed by atoms with Gasteiger partial charge in [-0.25, -0.2) is 13.1 Å². The van der Waals surface area contributed by atoms with Gasteiger partial charge in [-0.2, -0.15) is 0 Å². The third kappa shape index (κ3) is 7.99. The van der Waals surface area contributed by atoms with Crippen LogP contribution in [0.5, 0.6) is 0 Å². The van der Waals surface area contributed by atoms with Gasteiger partial charge in [0.05, 0.1) is 16.5 Å². The van der Waals surface area contributed by atoms with E-state index in [1.165, 1.54) is 17.4 Å². The number of fused-ring (bicyclic) bond motifs is 1. The molecule has 0 spiro atoms. The largest absolute Gasteiger partial charge is 0.395 e. The van der Waals surface area contributed by atoms with Crippen LogP contribution in [0, 0.1) is 12.8 Å². The van der Waals surface area contributed by atoms with Crippen LogP contribution in [-0.2, 0) is 14.8 Å². The van der Waals surface area contributed by atoms with Crippen molar-refractivity contribution in [3.05, 3.63) is 64.0 Å². The number of nitrogens with one attached hydrogen (secondary N) is 3. The maximum atomic E-state index is 12.9. The van der Waals surface area contributed by atoms with Crippen molar-refractivity contribution in [1.29, 1.82) is 0 Å². The van der Waals surface area contributed by atoms with Gasteiger partial charge in [0.2, 0.25) is 15.9 Å². The smallest absolute Gasteiger partial charge is 0.262 e. The first kappa shape index (κ1) is 29.1. The molecule has 1 heterocycles. The number of carbonyl (C=O) groups excluding carboxylic acids is 2. The van der Waals surface area contributed by atoms with Gasteiger partial charge in [-0.3, -0.25) is 9.59 Å². The number of aryl methyl sites for hydroxylation is 1. The predicted octanol–water partition coefficient (Wildman–Crippen LogP) is 3.85. The van der Waals surface area contributed by atoms with Crippen LogP contribution in [0.15, 0.2) is 53.4 Å². The Labute approximate surface area is 226 Å². The van der Waals surface area contributed by atoms with Crippen LogP contribution < -0.4 is 15.4 Å². The van der Waals surface area contributed by atoms with Crippen LogP contribution in [0.3, 0.4) is 0 Å². The molecule has 0 fully saturated rings. The first-order valence-corrected chi connectivity index (χ1v) is 14.6. The summed E-state index contributed by atoms with van der Waals surface area (Å²) < 4.78 is 28.9. The highest BCUT2D eigenvalue weighted by Crippen LogP contribution is 2.25. The van der Waals surface area contributed by atoms with Gasteiger partial charge in [0.25, 0.3) is 5.91 Å². The summed E-state index contributed by atoms with van der Waals surface area (Å²) in [6, 6.07) is 12.5. The molecule has 200 valence electrons. The minimum atomic E-state index is -3.97. The monoisotopic (exact) mass is 565 g/mol. The first-order chi connectivity index (χ1) is 17.5. The van der Waals surface area contributed by atoms with E-state index in [0.29, 0.717) is 11.3 Å². The molecule has 2 atom stereocenters. The lowest BCUT2D eigenvalue weighted by molar-refractivity contribution is -0.123. The summed E-state index contributed by atoms with van der Waals surface area (Å²) in [6.45, 7) is 5.35. The molecule has 0 bridgehead atoms.